The molecule has 5 amide bonds. The van der Waals surface area contributed by atoms with Gasteiger partial charge in [0.15, 0.2) is 0 Å². The molecule has 6 N–H and O–H groups in total. The van der Waals surface area contributed by atoms with Crippen molar-refractivity contribution < 1.29 is 43.3 Å². The molecule has 0 unspecified atom stereocenters. The third-order valence-corrected chi connectivity index (χ3v) is 10.8. The van der Waals surface area contributed by atoms with Gasteiger partial charge in [0, 0.05) is 43.2 Å². The van der Waals surface area contributed by atoms with Gasteiger partial charge in [0.2, 0.25) is 17.7 Å². The molecule has 2 aromatic carbocycles. The average Bonchev–Trinajstić information content (AvgIpc) is 3.88. The van der Waals surface area contributed by atoms with Crippen molar-refractivity contribution in [1.29, 1.82) is 0 Å². The molecule has 0 spiro atoms. The standard InChI is InChI=1S/C43H59N7O9/c1-5-50-25-36(59-42(50)56)38(52)33(20-28-12-8-6-9-13-28)47-40(54)35(22-31-24-44-27-45-31)48-39(53)34(21-29-16-18-32(57-4)19-17-29)46-37(51)23-43(2,3)49-41(55)58-26-30-14-10-7-11-15-30/h7,10-11,14-19,24,27-28,33-36,38,52H,5-6,8-9,12-13,20-23,25-26H2,1-4H3,(H,44,45)(H,46,51)(H,47,54)(H,48,53)(H,49,55)/t33-,34-,35-,36-,38+/m0/s1. The van der Waals surface area contributed by atoms with E-state index < -0.39 is 65.8 Å². The highest BCUT2D eigenvalue weighted by Crippen LogP contribution is 2.29. The smallest absolute Gasteiger partial charge is 0.410 e. The Balaban J connectivity index is 1.32. The first-order valence-corrected chi connectivity index (χ1v) is 20.4. The molecule has 16 nitrogen and oxygen atoms in total. The van der Waals surface area contributed by atoms with E-state index in [0.717, 1.165) is 37.7 Å². The number of cyclic esters (lactones) is 1. The Bertz CT molecular complexity index is 1820. The summed E-state index contributed by atoms with van der Waals surface area (Å²) in [4.78, 5) is 76.0. The van der Waals surface area contributed by atoms with Crippen LogP contribution in [-0.2, 0) is 43.3 Å². The number of alkyl carbamates (subject to hydrolysis) is 1. The topological polar surface area (TPSA) is 213 Å². The first kappa shape index (κ1) is 44.5. The number of imidazole rings is 1. The zero-order chi connectivity index (χ0) is 42.4. The molecule has 5 rings (SSSR count). The summed E-state index contributed by atoms with van der Waals surface area (Å²) in [5.74, 6) is -0.850. The average molecular weight is 818 g/mol. The Kier molecular flexibility index (Phi) is 16.1. The van der Waals surface area contributed by atoms with Crippen LogP contribution in [-0.4, -0.2) is 106 Å². The number of nitrogens with one attached hydrogen (secondary N) is 5. The number of carbonyl (C=O) groups is 5. The lowest BCUT2D eigenvalue weighted by molar-refractivity contribution is -0.133. The van der Waals surface area contributed by atoms with E-state index in [0.29, 0.717) is 30.0 Å². The number of ether oxygens (including phenoxy) is 3. The van der Waals surface area contributed by atoms with Gasteiger partial charge < -0.3 is 50.5 Å². The Morgan fingerprint density at radius 3 is 2.29 bits per heavy atom. The van der Waals surface area contributed by atoms with E-state index in [1.165, 1.54) is 11.2 Å². The number of nitrogens with zero attached hydrogens (tertiary/aromatic N) is 2. The minimum Gasteiger partial charge on any atom is -0.497 e. The first-order chi connectivity index (χ1) is 28.3. The maximum absolute atomic E-state index is 14.3. The molecule has 3 aromatic rings. The fourth-order valence-corrected chi connectivity index (χ4v) is 7.61. The highest BCUT2D eigenvalue weighted by Gasteiger charge is 2.41. The zero-order valence-corrected chi connectivity index (χ0v) is 34.4. The predicted octanol–water partition coefficient (Wildman–Crippen LogP) is 3.93. The lowest BCUT2D eigenvalue weighted by atomic mass is 9.83. The molecule has 5 atom stereocenters. The number of rotatable bonds is 20. The van der Waals surface area contributed by atoms with E-state index in [4.69, 9.17) is 14.2 Å². The van der Waals surface area contributed by atoms with Crippen molar-refractivity contribution >= 4 is 29.9 Å². The summed E-state index contributed by atoms with van der Waals surface area (Å²) in [6.45, 7) is 5.83. The fraction of sp³-hybridized carbons (Fsp3) is 0.535. The van der Waals surface area contributed by atoms with Crippen molar-refractivity contribution in [3.63, 3.8) is 0 Å². The molecule has 1 aliphatic heterocycles. The van der Waals surface area contributed by atoms with Gasteiger partial charge in [-0.15, -0.1) is 0 Å². The molecule has 2 heterocycles. The summed E-state index contributed by atoms with van der Waals surface area (Å²) >= 11 is 0. The normalized spacial score (nSPS) is 17.8. The molecule has 1 aliphatic carbocycles. The lowest BCUT2D eigenvalue weighted by Crippen LogP contribution is -2.59. The van der Waals surface area contributed by atoms with Crippen LogP contribution in [0.15, 0.2) is 67.1 Å². The van der Waals surface area contributed by atoms with Gasteiger partial charge in [0.25, 0.3) is 0 Å². The number of aromatic amines is 1. The number of hydrogen-bond donors (Lipinski definition) is 6. The summed E-state index contributed by atoms with van der Waals surface area (Å²) in [7, 11) is 1.54. The highest BCUT2D eigenvalue weighted by molar-refractivity contribution is 5.92. The zero-order valence-electron chi connectivity index (χ0n) is 34.4. The van der Waals surface area contributed by atoms with Gasteiger partial charge >= 0.3 is 12.2 Å². The molecule has 0 bridgehead atoms. The van der Waals surface area contributed by atoms with Crippen molar-refractivity contribution in [1.82, 2.24) is 36.1 Å². The Hall–Kier alpha value is -5.64. The second kappa shape index (κ2) is 21.4. The number of hydrogen-bond acceptors (Lipinski definition) is 10. The number of amides is 5. The van der Waals surface area contributed by atoms with Gasteiger partial charge in [0.1, 0.15) is 36.6 Å². The Morgan fingerprint density at radius 2 is 1.64 bits per heavy atom. The third-order valence-electron chi connectivity index (χ3n) is 10.8. The molecule has 0 radical (unpaired) electrons. The second-order valence-corrected chi connectivity index (χ2v) is 16.1. The third kappa shape index (κ3) is 13.7. The minimum absolute atomic E-state index is 0.0249. The number of aliphatic hydroxyl groups excluding tert-OH is 1. The Labute approximate surface area is 345 Å². The Morgan fingerprint density at radius 1 is 0.949 bits per heavy atom. The van der Waals surface area contributed by atoms with E-state index in [1.54, 1.807) is 51.4 Å². The van der Waals surface area contributed by atoms with Crippen LogP contribution in [0.25, 0.3) is 0 Å². The van der Waals surface area contributed by atoms with E-state index in [1.807, 2.05) is 37.3 Å². The van der Waals surface area contributed by atoms with Crippen molar-refractivity contribution in [2.24, 2.45) is 5.92 Å². The van der Waals surface area contributed by atoms with Crippen LogP contribution in [0.1, 0.15) is 82.5 Å². The monoisotopic (exact) mass is 817 g/mol. The number of carbonyl (C=O) groups excluding carboxylic acids is 5. The van der Waals surface area contributed by atoms with Crippen LogP contribution in [0.4, 0.5) is 9.59 Å². The summed E-state index contributed by atoms with van der Waals surface area (Å²) in [6, 6.07) is 13.2. The van der Waals surface area contributed by atoms with Gasteiger partial charge in [-0.25, -0.2) is 14.6 Å². The molecule has 1 aromatic heterocycles. The van der Waals surface area contributed by atoms with Gasteiger partial charge in [-0.05, 0) is 56.4 Å². The maximum atomic E-state index is 14.3. The summed E-state index contributed by atoms with van der Waals surface area (Å²) in [5, 5.41) is 23.1. The van der Waals surface area contributed by atoms with Crippen LogP contribution in [0, 0.1) is 5.92 Å². The van der Waals surface area contributed by atoms with E-state index in [-0.39, 0.29) is 38.3 Å². The lowest BCUT2D eigenvalue weighted by Gasteiger charge is -2.33. The van der Waals surface area contributed by atoms with Gasteiger partial charge in [-0.2, -0.15) is 0 Å². The summed E-state index contributed by atoms with van der Waals surface area (Å²) < 4.78 is 16.2. The van der Waals surface area contributed by atoms with Gasteiger partial charge in [-0.1, -0.05) is 74.6 Å². The number of methoxy groups -OCH3 is 1. The van der Waals surface area contributed by atoms with Gasteiger partial charge in [0.05, 0.1) is 26.0 Å². The predicted molar refractivity (Wildman–Crippen MR) is 218 cm³/mol. The minimum atomic E-state index is -1.19. The molecule has 2 fully saturated rings. The van der Waals surface area contributed by atoms with E-state index in [9.17, 15) is 29.1 Å². The molecule has 320 valence electrons. The molecule has 59 heavy (non-hydrogen) atoms. The molecular formula is C43H59N7O9. The van der Waals surface area contributed by atoms with Gasteiger partial charge in [-0.3, -0.25) is 14.4 Å². The van der Waals surface area contributed by atoms with Crippen LogP contribution >= 0.6 is 0 Å². The SMILES string of the molecule is CCN1C[C@@H]([C@H](O)[C@H](CC2CCCCC2)NC(=O)[C@H](Cc2cnc[nH]2)NC(=O)[C@H](Cc2ccc(OC)cc2)NC(=O)CC(C)(C)NC(=O)OCc2ccccc2)OC1=O. The fourth-order valence-electron chi connectivity index (χ4n) is 7.61. The number of likely N-dealkylation sites (N-methyl/N-ethyl adjacent to an activating group) is 1. The number of aromatic nitrogens is 2. The van der Waals surface area contributed by atoms with Crippen LogP contribution in [0.2, 0.25) is 0 Å². The van der Waals surface area contributed by atoms with Crippen LogP contribution in [0.3, 0.4) is 0 Å². The number of benzene rings is 2. The van der Waals surface area contributed by atoms with Crippen molar-refractivity contribution in [2.45, 2.75) is 121 Å². The van der Waals surface area contributed by atoms with Crippen LogP contribution in [0.5, 0.6) is 5.75 Å². The molecule has 1 saturated carbocycles. The molecular weight excluding hydrogens is 759 g/mol. The molecule has 2 aliphatic rings. The summed E-state index contributed by atoms with van der Waals surface area (Å²) in [5.41, 5.74) is 1.04. The molecule has 1 saturated heterocycles. The van der Waals surface area contributed by atoms with Crippen molar-refractivity contribution in [3.8, 4) is 5.75 Å². The first-order valence-electron chi connectivity index (χ1n) is 20.4. The van der Waals surface area contributed by atoms with Crippen molar-refractivity contribution in [2.75, 3.05) is 20.2 Å². The second-order valence-electron chi connectivity index (χ2n) is 16.1. The largest absolute Gasteiger partial charge is 0.497 e. The highest BCUT2D eigenvalue weighted by atomic mass is 16.6. The maximum Gasteiger partial charge on any atom is 0.410 e. The molecule has 16 heteroatoms. The van der Waals surface area contributed by atoms with Crippen molar-refractivity contribution in [3.05, 3.63) is 83.9 Å². The quantitative estimate of drug-likeness (QED) is 0.0967. The number of aliphatic hydroxyl groups is 1. The van der Waals surface area contributed by atoms with Crippen LogP contribution < -0.4 is 26.0 Å². The van der Waals surface area contributed by atoms with E-state index >= 15 is 0 Å². The summed E-state index contributed by atoms with van der Waals surface area (Å²) in [6.07, 6.45) is 5.26. The van der Waals surface area contributed by atoms with E-state index in [2.05, 4.69) is 31.2 Å². The number of H-pyrrole nitrogens is 1.